The smallest absolute Gasteiger partial charge is 0.292 e. The van der Waals surface area contributed by atoms with Gasteiger partial charge >= 0.3 is 0 Å². The third-order valence-corrected chi connectivity index (χ3v) is 2.61. The van der Waals surface area contributed by atoms with Crippen molar-refractivity contribution in [2.75, 3.05) is 13.1 Å². The van der Waals surface area contributed by atoms with Gasteiger partial charge in [0.05, 0.1) is 0 Å². The number of hydrogen-bond acceptors (Lipinski definition) is 5. The number of rotatable bonds is 7. The van der Waals surface area contributed by atoms with Crippen molar-refractivity contribution in [1.82, 2.24) is 15.5 Å². The Kier molecular flexibility index (Phi) is 5.77. The molecular formula is C12H22N4O2. The zero-order valence-corrected chi connectivity index (χ0v) is 11.3. The molecule has 0 aliphatic carbocycles. The highest BCUT2D eigenvalue weighted by molar-refractivity contribution is 5.90. The van der Waals surface area contributed by atoms with Gasteiger partial charge in [0.2, 0.25) is 5.89 Å². The van der Waals surface area contributed by atoms with Crippen molar-refractivity contribution < 1.29 is 9.32 Å². The van der Waals surface area contributed by atoms with E-state index < -0.39 is 0 Å². The molecule has 3 N–H and O–H groups in total. The van der Waals surface area contributed by atoms with E-state index in [0.29, 0.717) is 37.2 Å². The molecule has 102 valence electrons. The fourth-order valence-electron chi connectivity index (χ4n) is 1.85. The van der Waals surface area contributed by atoms with Crippen molar-refractivity contribution in [3.05, 3.63) is 11.7 Å². The number of carbonyl (C=O) groups excluding carboxylic acids is 1. The topological polar surface area (TPSA) is 94.0 Å². The Morgan fingerprint density at radius 3 is 2.78 bits per heavy atom. The lowest BCUT2D eigenvalue weighted by molar-refractivity contribution is 0.0942. The molecule has 0 saturated heterocycles. The molecule has 0 aliphatic heterocycles. The van der Waals surface area contributed by atoms with Crippen LogP contribution in [0.25, 0.3) is 0 Å². The van der Waals surface area contributed by atoms with Gasteiger partial charge in [-0.15, -0.1) is 0 Å². The van der Waals surface area contributed by atoms with Crippen LogP contribution in [-0.2, 0) is 6.42 Å². The minimum atomic E-state index is -0.305. The standard InChI is InChI=1S/C12H22N4O2/c1-4-14-12(17)11-15-10(18-16-11)6-9(7-13)5-8(2)3/h8-9H,4-7,13H2,1-3H3,(H,14,17)/t9-/m0/s1. The van der Waals surface area contributed by atoms with Gasteiger partial charge in [0.15, 0.2) is 0 Å². The number of hydrogen-bond donors (Lipinski definition) is 2. The van der Waals surface area contributed by atoms with Crippen LogP contribution in [0.4, 0.5) is 0 Å². The van der Waals surface area contributed by atoms with Gasteiger partial charge in [0, 0.05) is 13.0 Å². The molecule has 1 aromatic heterocycles. The molecule has 1 atom stereocenters. The molecule has 0 saturated carbocycles. The number of amides is 1. The first-order valence-electron chi connectivity index (χ1n) is 6.37. The lowest BCUT2D eigenvalue weighted by atomic mass is 9.94. The number of nitrogens with zero attached hydrogens (tertiary/aromatic N) is 2. The van der Waals surface area contributed by atoms with Crippen LogP contribution in [0.5, 0.6) is 0 Å². The summed E-state index contributed by atoms with van der Waals surface area (Å²) in [7, 11) is 0. The molecule has 1 aromatic rings. The average molecular weight is 254 g/mol. The summed E-state index contributed by atoms with van der Waals surface area (Å²) in [6.45, 7) is 7.26. The van der Waals surface area contributed by atoms with Crippen molar-refractivity contribution in [2.45, 2.75) is 33.6 Å². The molecule has 18 heavy (non-hydrogen) atoms. The summed E-state index contributed by atoms with van der Waals surface area (Å²) in [6.07, 6.45) is 1.64. The van der Waals surface area contributed by atoms with E-state index in [1.54, 1.807) is 0 Å². The van der Waals surface area contributed by atoms with Crippen LogP contribution in [0.1, 0.15) is 43.7 Å². The maximum absolute atomic E-state index is 11.5. The lowest BCUT2D eigenvalue weighted by Crippen LogP contribution is -2.24. The van der Waals surface area contributed by atoms with E-state index in [1.165, 1.54) is 0 Å². The molecule has 6 heteroatoms. The summed E-state index contributed by atoms with van der Waals surface area (Å²) >= 11 is 0. The van der Waals surface area contributed by atoms with Crippen LogP contribution in [-0.4, -0.2) is 29.1 Å². The van der Waals surface area contributed by atoms with E-state index in [2.05, 4.69) is 29.3 Å². The Hall–Kier alpha value is -1.43. The SMILES string of the molecule is CCNC(=O)c1noc(C[C@@H](CN)CC(C)C)n1. The van der Waals surface area contributed by atoms with E-state index in [4.69, 9.17) is 10.3 Å². The predicted octanol–water partition coefficient (Wildman–Crippen LogP) is 0.983. The zero-order valence-electron chi connectivity index (χ0n) is 11.3. The Labute approximate surface area is 107 Å². The molecule has 0 aromatic carbocycles. The van der Waals surface area contributed by atoms with Gasteiger partial charge in [-0.1, -0.05) is 19.0 Å². The lowest BCUT2D eigenvalue weighted by Gasteiger charge is -2.14. The van der Waals surface area contributed by atoms with Gasteiger partial charge in [-0.3, -0.25) is 4.79 Å². The molecule has 6 nitrogen and oxygen atoms in total. The highest BCUT2D eigenvalue weighted by Crippen LogP contribution is 2.15. The monoisotopic (exact) mass is 254 g/mol. The van der Waals surface area contributed by atoms with Crippen molar-refractivity contribution in [3.8, 4) is 0 Å². The first-order chi connectivity index (χ1) is 8.56. The van der Waals surface area contributed by atoms with E-state index >= 15 is 0 Å². The van der Waals surface area contributed by atoms with E-state index in [1.807, 2.05) is 6.92 Å². The maximum Gasteiger partial charge on any atom is 0.292 e. The highest BCUT2D eigenvalue weighted by atomic mass is 16.5. The number of aromatic nitrogens is 2. The average Bonchev–Trinajstić information content (AvgIpc) is 2.76. The fourth-order valence-corrected chi connectivity index (χ4v) is 1.85. The van der Waals surface area contributed by atoms with Crippen LogP contribution < -0.4 is 11.1 Å². The Bertz CT molecular complexity index is 376. The number of carbonyl (C=O) groups is 1. The van der Waals surface area contributed by atoms with E-state index in [9.17, 15) is 4.79 Å². The first kappa shape index (κ1) is 14.6. The summed E-state index contributed by atoms with van der Waals surface area (Å²) in [5.41, 5.74) is 5.71. The van der Waals surface area contributed by atoms with Crippen LogP contribution in [0.15, 0.2) is 4.52 Å². The summed E-state index contributed by atoms with van der Waals surface area (Å²) in [5.74, 6) is 1.15. The van der Waals surface area contributed by atoms with Crippen LogP contribution in [0, 0.1) is 11.8 Å². The summed E-state index contributed by atoms with van der Waals surface area (Å²) < 4.78 is 5.07. The third-order valence-electron chi connectivity index (χ3n) is 2.61. The molecule has 0 aliphatic rings. The second-order valence-electron chi connectivity index (χ2n) is 4.81. The Morgan fingerprint density at radius 2 is 2.22 bits per heavy atom. The second kappa shape index (κ2) is 7.10. The highest BCUT2D eigenvalue weighted by Gasteiger charge is 2.17. The number of nitrogens with two attached hydrogens (primary N) is 1. The molecule has 1 rings (SSSR count). The summed E-state index contributed by atoms with van der Waals surface area (Å²) in [4.78, 5) is 15.5. The van der Waals surface area contributed by atoms with Crippen LogP contribution in [0.2, 0.25) is 0 Å². The molecule has 0 spiro atoms. The largest absolute Gasteiger partial charge is 0.349 e. The van der Waals surface area contributed by atoms with Crippen molar-refractivity contribution in [1.29, 1.82) is 0 Å². The summed E-state index contributed by atoms with van der Waals surface area (Å²) in [5, 5.41) is 6.29. The van der Waals surface area contributed by atoms with E-state index in [0.717, 1.165) is 6.42 Å². The third kappa shape index (κ3) is 4.44. The maximum atomic E-state index is 11.5. The van der Waals surface area contributed by atoms with Gasteiger partial charge in [0.1, 0.15) is 0 Å². The molecule has 0 radical (unpaired) electrons. The van der Waals surface area contributed by atoms with Gasteiger partial charge < -0.3 is 15.6 Å². The number of nitrogens with one attached hydrogen (secondary N) is 1. The molecular weight excluding hydrogens is 232 g/mol. The van der Waals surface area contributed by atoms with Crippen molar-refractivity contribution in [2.24, 2.45) is 17.6 Å². The second-order valence-corrected chi connectivity index (χ2v) is 4.81. The molecule has 1 heterocycles. The normalized spacial score (nSPS) is 12.7. The molecule has 0 fully saturated rings. The first-order valence-corrected chi connectivity index (χ1v) is 6.37. The fraction of sp³-hybridized carbons (Fsp3) is 0.750. The van der Waals surface area contributed by atoms with Gasteiger partial charge in [-0.05, 0) is 31.7 Å². The quantitative estimate of drug-likeness (QED) is 0.756. The minimum Gasteiger partial charge on any atom is -0.349 e. The van der Waals surface area contributed by atoms with E-state index in [-0.39, 0.29) is 11.7 Å². The Balaban J connectivity index is 2.59. The predicted molar refractivity (Wildman–Crippen MR) is 68.0 cm³/mol. The molecule has 0 bridgehead atoms. The Morgan fingerprint density at radius 1 is 1.50 bits per heavy atom. The zero-order chi connectivity index (χ0) is 13.5. The van der Waals surface area contributed by atoms with Crippen molar-refractivity contribution >= 4 is 5.91 Å². The van der Waals surface area contributed by atoms with Crippen LogP contribution in [0.3, 0.4) is 0 Å². The molecule has 0 unspecified atom stereocenters. The van der Waals surface area contributed by atoms with Gasteiger partial charge in [0.25, 0.3) is 11.7 Å². The van der Waals surface area contributed by atoms with Gasteiger partial charge in [-0.2, -0.15) is 4.98 Å². The van der Waals surface area contributed by atoms with Gasteiger partial charge in [-0.25, -0.2) is 0 Å². The molecule has 1 amide bonds. The summed E-state index contributed by atoms with van der Waals surface area (Å²) in [6, 6.07) is 0. The minimum absolute atomic E-state index is 0.0900. The van der Waals surface area contributed by atoms with Crippen molar-refractivity contribution in [3.63, 3.8) is 0 Å². The van der Waals surface area contributed by atoms with Crippen LogP contribution >= 0.6 is 0 Å².